The third kappa shape index (κ3) is 3.15. The summed E-state index contributed by atoms with van der Waals surface area (Å²) in [6, 6.07) is 0. The van der Waals surface area contributed by atoms with Gasteiger partial charge in [-0.3, -0.25) is 5.32 Å². The third-order valence-corrected chi connectivity index (χ3v) is 1.88. The van der Waals surface area contributed by atoms with Crippen LogP contribution in [0.4, 0.5) is 0 Å². The van der Waals surface area contributed by atoms with Gasteiger partial charge in [0.05, 0.1) is 5.66 Å². The van der Waals surface area contributed by atoms with E-state index in [2.05, 4.69) is 19.2 Å². The number of rotatable bonds is 5. The van der Waals surface area contributed by atoms with Crippen LogP contribution in [-0.4, -0.2) is 18.8 Å². The van der Waals surface area contributed by atoms with Crippen molar-refractivity contribution in [3.8, 4) is 0 Å². The molecule has 0 aliphatic rings. The molecule has 3 heteroatoms. The molecule has 0 aromatic carbocycles. The smallest absolute Gasteiger partial charge is 0.0657 e. The summed E-state index contributed by atoms with van der Waals surface area (Å²) in [5.41, 5.74) is 11.0. The highest BCUT2D eigenvalue weighted by Gasteiger charge is 2.17. The van der Waals surface area contributed by atoms with Crippen molar-refractivity contribution in [3.63, 3.8) is 0 Å². The van der Waals surface area contributed by atoms with E-state index in [9.17, 15) is 0 Å². The van der Waals surface area contributed by atoms with E-state index in [-0.39, 0.29) is 5.66 Å². The lowest BCUT2D eigenvalue weighted by atomic mass is 10.1. The van der Waals surface area contributed by atoms with E-state index in [1.807, 2.05) is 0 Å². The first-order chi connectivity index (χ1) is 4.68. The molecule has 5 N–H and O–H groups in total. The van der Waals surface area contributed by atoms with Crippen molar-refractivity contribution < 1.29 is 0 Å². The van der Waals surface area contributed by atoms with Crippen LogP contribution in [0.3, 0.4) is 0 Å². The summed E-state index contributed by atoms with van der Waals surface area (Å²) in [5.74, 6) is 0. The zero-order chi connectivity index (χ0) is 8.04. The minimum absolute atomic E-state index is 0.195. The SMILES string of the molecule is CCC(N)(CC)NCCN. The Kier molecular flexibility index (Phi) is 4.60. The Morgan fingerprint density at radius 2 is 1.80 bits per heavy atom. The summed E-state index contributed by atoms with van der Waals surface area (Å²) in [6.07, 6.45) is 1.90. The van der Waals surface area contributed by atoms with Crippen molar-refractivity contribution in [1.82, 2.24) is 5.32 Å². The maximum absolute atomic E-state index is 5.92. The minimum atomic E-state index is -0.195. The second-order valence-corrected chi connectivity index (χ2v) is 2.58. The van der Waals surface area contributed by atoms with Crippen LogP contribution in [0.1, 0.15) is 26.7 Å². The molecule has 62 valence electrons. The molecule has 3 nitrogen and oxygen atoms in total. The second kappa shape index (κ2) is 4.66. The van der Waals surface area contributed by atoms with Crippen LogP contribution in [0.25, 0.3) is 0 Å². The van der Waals surface area contributed by atoms with Crippen LogP contribution in [0.2, 0.25) is 0 Å². The van der Waals surface area contributed by atoms with Crippen molar-refractivity contribution in [1.29, 1.82) is 0 Å². The molecule has 0 bridgehead atoms. The normalized spacial score (nSPS) is 12.0. The molecular formula is C7H19N3. The molecule has 10 heavy (non-hydrogen) atoms. The Balaban J connectivity index is 3.58. The predicted octanol–water partition coefficient (Wildman–Crippen LogP) is 0.00970. The van der Waals surface area contributed by atoms with Crippen molar-refractivity contribution in [2.24, 2.45) is 11.5 Å². The van der Waals surface area contributed by atoms with Gasteiger partial charge in [-0.25, -0.2) is 0 Å². The zero-order valence-electron chi connectivity index (χ0n) is 6.98. The zero-order valence-corrected chi connectivity index (χ0v) is 6.98. The average molecular weight is 145 g/mol. The summed E-state index contributed by atoms with van der Waals surface area (Å²) in [5, 5.41) is 3.20. The van der Waals surface area contributed by atoms with E-state index in [4.69, 9.17) is 11.5 Å². The van der Waals surface area contributed by atoms with Crippen LogP contribution in [-0.2, 0) is 0 Å². The van der Waals surface area contributed by atoms with Crippen LogP contribution >= 0.6 is 0 Å². The van der Waals surface area contributed by atoms with Gasteiger partial charge >= 0.3 is 0 Å². The highest BCUT2D eigenvalue weighted by molar-refractivity contribution is 4.77. The highest BCUT2D eigenvalue weighted by Crippen LogP contribution is 2.05. The molecule has 0 aromatic heterocycles. The minimum Gasteiger partial charge on any atom is -0.329 e. The van der Waals surface area contributed by atoms with Gasteiger partial charge in [-0.15, -0.1) is 0 Å². The molecule has 0 spiro atoms. The Morgan fingerprint density at radius 1 is 1.30 bits per heavy atom. The van der Waals surface area contributed by atoms with Gasteiger partial charge in [-0.05, 0) is 12.8 Å². The van der Waals surface area contributed by atoms with Crippen LogP contribution in [0.15, 0.2) is 0 Å². The molecule has 0 heterocycles. The predicted molar refractivity (Wildman–Crippen MR) is 44.6 cm³/mol. The van der Waals surface area contributed by atoms with E-state index < -0.39 is 0 Å². The molecule has 0 saturated carbocycles. The molecule has 0 saturated heterocycles. The lowest BCUT2D eigenvalue weighted by Crippen LogP contribution is -2.53. The molecule has 0 unspecified atom stereocenters. The van der Waals surface area contributed by atoms with Gasteiger partial charge in [-0.2, -0.15) is 0 Å². The number of hydrogen-bond acceptors (Lipinski definition) is 3. The molecule has 0 aromatic rings. The number of nitrogens with one attached hydrogen (secondary N) is 1. The molecule has 0 atom stereocenters. The van der Waals surface area contributed by atoms with Gasteiger partial charge in [0.25, 0.3) is 0 Å². The Hall–Kier alpha value is -0.120. The summed E-state index contributed by atoms with van der Waals surface area (Å²) in [7, 11) is 0. The molecular weight excluding hydrogens is 126 g/mol. The van der Waals surface area contributed by atoms with Gasteiger partial charge in [-0.1, -0.05) is 13.8 Å². The summed E-state index contributed by atoms with van der Waals surface area (Å²) in [6.45, 7) is 5.61. The van der Waals surface area contributed by atoms with E-state index in [1.54, 1.807) is 0 Å². The van der Waals surface area contributed by atoms with E-state index >= 15 is 0 Å². The fraction of sp³-hybridized carbons (Fsp3) is 1.00. The molecule has 0 radical (unpaired) electrons. The van der Waals surface area contributed by atoms with Crippen LogP contribution in [0, 0.1) is 0 Å². The van der Waals surface area contributed by atoms with E-state index in [0.29, 0.717) is 6.54 Å². The van der Waals surface area contributed by atoms with Crippen molar-refractivity contribution in [2.45, 2.75) is 32.4 Å². The van der Waals surface area contributed by atoms with Crippen molar-refractivity contribution >= 4 is 0 Å². The standard InChI is InChI=1S/C7H19N3/c1-3-7(9,4-2)10-6-5-8/h10H,3-6,8-9H2,1-2H3. The maximum atomic E-state index is 5.92. The highest BCUT2D eigenvalue weighted by atomic mass is 15.1. The summed E-state index contributed by atoms with van der Waals surface area (Å²) >= 11 is 0. The van der Waals surface area contributed by atoms with Gasteiger partial charge in [0.2, 0.25) is 0 Å². The van der Waals surface area contributed by atoms with Gasteiger partial charge in [0.1, 0.15) is 0 Å². The number of hydrogen-bond donors (Lipinski definition) is 3. The van der Waals surface area contributed by atoms with Gasteiger partial charge in [0.15, 0.2) is 0 Å². The first kappa shape index (κ1) is 9.88. The topological polar surface area (TPSA) is 64.1 Å². The fourth-order valence-electron chi connectivity index (χ4n) is 0.821. The molecule has 0 aliphatic carbocycles. The Morgan fingerprint density at radius 3 is 2.10 bits per heavy atom. The summed E-state index contributed by atoms with van der Waals surface area (Å²) < 4.78 is 0. The van der Waals surface area contributed by atoms with Gasteiger partial charge in [0, 0.05) is 13.1 Å². The molecule has 0 fully saturated rings. The maximum Gasteiger partial charge on any atom is 0.0657 e. The van der Waals surface area contributed by atoms with E-state index in [1.165, 1.54) is 0 Å². The number of nitrogens with two attached hydrogens (primary N) is 2. The van der Waals surface area contributed by atoms with Crippen molar-refractivity contribution in [2.75, 3.05) is 13.1 Å². The molecule has 0 aliphatic heterocycles. The van der Waals surface area contributed by atoms with Crippen molar-refractivity contribution in [3.05, 3.63) is 0 Å². The third-order valence-electron chi connectivity index (χ3n) is 1.88. The summed E-state index contributed by atoms with van der Waals surface area (Å²) in [4.78, 5) is 0. The average Bonchev–Trinajstić information content (AvgIpc) is 2.00. The first-order valence-electron chi connectivity index (χ1n) is 3.92. The lowest BCUT2D eigenvalue weighted by molar-refractivity contribution is 0.316. The van der Waals surface area contributed by atoms with E-state index in [0.717, 1.165) is 19.4 Å². The monoisotopic (exact) mass is 145 g/mol. The van der Waals surface area contributed by atoms with Crippen LogP contribution < -0.4 is 16.8 Å². The quantitative estimate of drug-likeness (QED) is 0.477. The molecule has 0 amide bonds. The Labute approximate surface area is 63.2 Å². The first-order valence-corrected chi connectivity index (χ1v) is 3.92. The second-order valence-electron chi connectivity index (χ2n) is 2.58. The lowest BCUT2D eigenvalue weighted by Gasteiger charge is -2.27. The van der Waals surface area contributed by atoms with Crippen LogP contribution in [0.5, 0.6) is 0 Å². The fourth-order valence-corrected chi connectivity index (χ4v) is 0.821. The molecule has 0 rings (SSSR count). The largest absolute Gasteiger partial charge is 0.329 e. The Bertz CT molecular complexity index is 78.9. The van der Waals surface area contributed by atoms with Gasteiger partial charge < -0.3 is 11.5 Å².